The number of nitrogens with one attached hydrogen (secondary N) is 1. The molecule has 0 radical (unpaired) electrons. The fourth-order valence-electron chi connectivity index (χ4n) is 2.01. The molecule has 1 fully saturated rings. The van der Waals surface area contributed by atoms with E-state index < -0.39 is 6.09 Å². The molecule has 1 saturated heterocycles. The lowest BCUT2D eigenvalue weighted by Gasteiger charge is -2.19. The third kappa shape index (κ3) is 3.47. The summed E-state index contributed by atoms with van der Waals surface area (Å²) in [5.74, 6) is -0.183. The van der Waals surface area contributed by atoms with Crippen LogP contribution < -0.4 is 5.32 Å². The average molecular weight is 262 g/mol. The Morgan fingerprint density at radius 3 is 2.74 bits per heavy atom. The van der Waals surface area contributed by atoms with Crippen molar-refractivity contribution in [2.75, 3.05) is 18.5 Å². The van der Waals surface area contributed by atoms with E-state index in [-0.39, 0.29) is 11.9 Å². The maximum absolute atomic E-state index is 12.0. The molecule has 0 bridgehead atoms. The lowest BCUT2D eigenvalue weighted by atomic mass is 10.1. The Morgan fingerprint density at radius 2 is 2.16 bits per heavy atom. The fourth-order valence-corrected chi connectivity index (χ4v) is 2.01. The molecule has 1 aromatic carbocycles. The van der Waals surface area contributed by atoms with Gasteiger partial charge in [0.2, 0.25) is 5.91 Å². The van der Waals surface area contributed by atoms with Gasteiger partial charge in [-0.3, -0.25) is 4.79 Å². The van der Waals surface area contributed by atoms with Crippen molar-refractivity contribution in [1.29, 1.82) is 0 Å². The molecule has 1 aliphatic heterocycles. The molecule has 1 unspecified atom stereocenters. The van der Waals surface area contributed by atoms with E-state index in [4.69, 9.17) is 4.74 Å². The number of ether oxygens (including phenoxy) is 1. The molecule has 1 atom stereocenters. The zero-order valence-corrected chi connectivity index (χ0v) is 11.0. The number of hydrogen-bond donors (Lipinski definition) is 1. The Balaban J connectivity index is 1.92. The van der Waals surface area contributed by atoms with Crippen molar-refractivity contribution in [3.63, 3.8) is 0 Å². The van der Waals surface area contributed by atoms with Crippen LogP contribution in [0, 0.1) is 0 Å². The van der Waals surface area contributed by atoms with Gasteiger partial charge in [0, 0.05) is 18.2 Å². The van der Waals surface area contributed by atoms with Crippen LogP contribution in [0.1, 0.15) is 19.8 Å². The smallest absolute Gasteiger partial charge is 0.416 e. The zero-order chi connectivity index (χ0) is 13.7. The molecule has 0 aromatic heterocycles. The number of rotatable bonds is 5. The Kier molecular flexibility index (Phi) is 4.39. The van der Waals surface area contributed by atoms with Crippen molar-refractivity contribution in [2.24, 2.45) is 0 Å². The molecule has 1 aliphatic rings. The molecule has 102 valence electrons. The molecule has 2 rings (SSSR count). The van der Waals surface area contributed by atoms with Crippen LogP contribution in [0.4, 0.5) is 10.5 Å². The minimum atomic E-state index is -0.528. The highest BCUT2D eigenvalue weighted by molar-refractivity contribution is 5.93. The number of amides is 2. The van der Waals surface area contributed by atoms with Crippen LogP contribution in [-0.4, -0.2) is 36.1 Å². The van der Waals surface area contributed by atoms with Gasteiger partial charge < -0.3 is 10.1 Å². The molecule has 0 saturated carbocycles. The third-order valence-corrected chi connectivity index (χ3v) is 3.12. The van der Waals surface area contributed by atoms with Crippen LogP contribution in [0.3, 0.4) is 0 Å². The van der Waals surface area contributed by atoms with Gasteiger partial charge in [0.1, 0.15) is 6.61 Å². The van der Waals surface area contributed by atoms with Gasteiger partial charge in [0.05, 0.1) is 6.54 Å². The van der Waals surface area contributed by atoms with E-state index in [1.54, 1.807) is 0 Å². The minimum Gasteiger partial charge on any atom is -0.447 e. The van der Waals surface area contributed by atoms with Crippen molar-refractivity contribution >= 4 is 17.7 Å². The number of carbonyl (C=O) groups is 2. The molecular formula is C14H18N2O3. The molecule has 2 amide bonds. The van der Waals surface area contributed by atoms with Crippen LogP contribution in [0.15, 0.2) is 30.3 Å². The number of para-hydroxylation sites is 1. The van der Waals surface area contributed by atoms with E-state index in [9.17, 15) is 9.59 Å². The first kappa shape index (κ1) is 13.4. The Labute approximate surface area is 112 Å². The second-order valence-corrected chi connectivity index (χ2v) is 4.48. The van der Waals surface area contributed by atoms with Gasteiger partial charge in [-0.1, -0.05) is 25.1 Å². The number of carbonyl (C=O) groups excluding carboxylic acids is 2. The van der Waals surface area contributed by atoms with Gasteiger partial charge in [-0.25, -0.2) is 9.69 Å². The van der Waals surface area contributed by atoms with Crippen molar-refractivity contribution in [3.05, 3.63) is 30.3 Å². The first-order chi connectivity index (χ1) is 9.20. The molecule has 1 N–H and O–H groups in total. The van der Waals surface area contributed by atoms with E-state index in [0.29, 0.717) is 19.6 Å². The molecule has 1 aromatic rings. The van der Waals surface area contributed by atoms with Gasteiger partial charge in [-0.2, -0.15) is 0 Å². The summed E-state index contributed by atoms with van der Waals surface area (Å²) in [7, 11) is 0. The molecule has 1 heterocycles. The topological polar surface area (TPSA) is 58.6 Å². The fraction of sp³-hybridized carbons (Fsp3) is 0.429. The summed E-state index contributed by atoms with van der Waals surface area (Å²) in [6.45, 7) is 2.67. The largest absolute Gasteiger partial charge is 0.447 e. The van der Waals surface area contributed by atoms with Gasteiger partial charge >= 0.3 is 6.09 Å². The number of imide groups is 1. The van der Waals surface area contributed by atoms with Crippen molar-refractivity contribution in [1.82, 2.24) is 4.90 Å². The lowest BCUT2D eigenvalue weighted by molar-refractivity contribution is -0.128. The summed E-state index contributed by atoms with van der Waals surface area (Å²) in [6, 6.07) is 9.75. The quantitative estimate of drug-likeness (QED) is 0.884. The maximum Gasteiger partial charge on any atom is 0.416 e. The summed E-state index contributed by atoms with van der Waals surface area (Å²) >= 11 is 0. The van der Waals surface area contributed by atoms with Gasteiger partial charge in [-0.15, -0.1) is 0 Å². The van der Waals surface area contributed by atoms with Gasteiger partial charge in [-0.05, 0) is 18.6 Å². The first-order valence-corrected chi connectivity index (χ1v) is 6.49. The number of anilines is 1. The van der Waals surface area contributed by atoms with Crippen LogP contribution >= 0.6 is 0 Å². The number of benzene rings is 1. The molecule has 19 heavy (non-hydrogen) atoms. The molecule has 5 heteroatoms. The molecule has 0 spiro atoms. The van der Waals surface area contributed by atoms with Crippen molar-refractivity contribution in [2.45, 2.75) is 25.8 Å². The summed E-state index contributed by atoms with van der Waals surface area (Å²) in [5, 5.41) is 3.30. The van der Waals surface area contributed by atoms with Gasteiger partial charge in [0.25, 0.3) is 0 Å². The Hall–Kier alpha value is -2.04. The number of hydrogen-bond acceptors (Lipinski definition) is 4. The predicted octanol–water partition coefficient (Wildman–Crippen LogP) is 2.25. The maximum atomic E-state index is 12.0. The summed E-state index contributed by atoms with van der Waals surface area (Å²) in [5.41, 5.74) is 0.978. The molecule has 5 nitrogen and oxygen atoms in total. The SMILES string of the molecule is CCC(CC(=O)N1CCOC1=O)Nc1ccccc1. The summed E-state index contributed by atoms with van der Waals surface area (Å²) in [6.07, 6.45) is 0.573. The highest BCUT2D eigenvalue weighted by Gasteiger charge is 2.29. The Bertz CT molecular complexity index is 447. The van der Waals surface area contributed by atoms with E-state index in [1.807, 2.05) is 37.3 Å². The number of nitrogens with zero attached hydrogens (tertiary/aromatic N) is 1. The zero-order valence-electron chi connectivity index (χ0n) is 11.0. The third-order valence-electron chi connectivity index (χ3n) is 3.12. The second kappa shape index (κ2) is 6.22. The van der Waals surface area contributed by atoms with Crippen LogP contribution in [0.2, 0.25) is 0 Å². The first-order valence-electron chi connectivity index (χ1n) is 6.49. The van der Waals surface area contributed by atoms with E-state index >= 15 is 0 Å². The highest BCUT2D eigenvalue weighted by Crippen LogP contribution is 2.14. The van der Waals surface area contributed by atoms with Crippen LogP contribution in [0.5, 0.6) is 0 Å². The second-order valence-electron chi connectivity index (χ2n) is 4.48. The van der Waals surface area contributed by atoms with Crippen LogP contribution in [0.25, 0.3) is 0 Å². The molecule has 0 aliphatic carbocycles. The number of cyclic esters (lactones) is 1. The monoisotopic (exact) mass is 262 g/mol. The van der Waals surface area contributed by atoms with E-state index in [0.717, 1.165) is 12.1 Å². The minimum absolute atomic E-state index is 0.0169. The summed E-state index contributed by atoms with van der Waals surface area (Å²) in [4.78, 5) is 24.5. The average Bonchev–Trinajstić information content (AvgIpc) is 2.85. The lowest BCUT2D eigenvalue weighted by Crippen LogP contribution is -2.35. The van der Waals surface area contributed by atoms with E-state index in [2.05, 4.69) is 5.32 Å². The van der Waals surface area contributed by atoms with Gasteiger partial charge in [0.15, 0.2) is 0 Å². The van der Waals surface area contributed by atoms with Crippen molar-refractivity contribution < 1.29 is 14.3 Å². The highest BCUT2D eigenvalue weighted by atomic mass is 16.6. The molecular weight excluding hydrogens is 244 g/mol. The predicted molar refractivity (Wildman–Crippen MR) is 71.8 cm³/mol. The summed E-state index contributed by atoms with van der Waals surface area (Å²) < 4.78 is 4.77. The van der Waals surface area contributed by atoms with E-state index in [1.165, 1.54) is 4.90 Å². The van der Waals surface area contributed by atoms with Crippen molar-refractivity contribution in [3.8, 4) is 0 Å². The standard InChI is InChI=1S/C14H18N2O3/c1-2-11(15-12-6-4-3-5-7-12)10-13(17)16-8-9-19-14(16)18/h3-7,11,15H,2,8-10H2,1H3. The van der Waals surface area contributed by atoms with Crippen LogP contribution in [-0.2, 0) is 9.53 Å². The Morgan fingerprint density at radius 1 is 1.42 bits per heavy atom. The normalized spacial score (nSPS) is 16.1.